The van der Waals surface area contributed by atoms with E-state index < -0.39 is 23.8 Å². The van der Waals surface area contributed by atoms with Gasteiger partial charge in [-0.05, 0) is 60.7 Å². The number of carbonyl (C=O) groups excluding carboxylic acids is 2. The zero-order chi connectivity index (χ0) is 25.5. The normalized spacial score (nSPS) is 12.9. The number of nitrogens with zero attached hydrogens (tertiary/aromatic N) is 1. The molecule has 3 N–H and O–H groups in total. The highest BCUT2D eigenvalue weighted by Gasteiger charge is 2.24. The number of halogens is 2. The standard InChI is InChI=1S/C27H30F2N2O3S/c1-3-18-5-4-6-19(9-18)15-31(27(34)14-23-7-8-26(35-23)17(2)32)16-25(33)24(30)12-20-10-21(28)13-22(29)11-20/h4-11,13,24-25,33H,3,12,14-16,30H2,1-2H3/t24-,25+/m0/s1. The molecule has 8 heteroatoms. The molecule has 1 aromatic heterocycles. The lowest BCUT2D eigenvalue weighted by Gasteiger charge is -2.28. The number of hydrogen-bond donors (Lipinski definition) is 2. The minimum absolute atomic E-state index is 0.0426. The summed E-state index contributed by atoms with van der Waals surface area (Å²) in [6, 6.07) is 13.6. The van der Waals surface area contributed by atoms with E-state index in [0.29, 0.717) is 10.4 Å². The van der Waals surface area contributed by atoms with Crippen LogP contribution in [0.5, 0.6) is 0 Å². The molecule has 0 aliphatic rings. The third kappa shape index (κ3) is 7.78. The Hall–Kier alpha value is -2.94. The van der Waals surface area contributed by atoms with Crippen molar-refractivity contribution in [2.45, 2.75) is 51.8 Å². The number of aliphatic hydroxyl groups is 1. The number of carbonyl (C=O) groups is 2. The molecule has 1 heterocycles. The molecule has 0 fully saturated rings. The molecule has 0 saturated carbocycles. The Bertz CT molecular complexity index is 1160. The average Bonchev–Trinajstić information content (AvgIpc) is 3.26. The van der Waals surface area contributed by atoms with Crippen LogP contribution >= 0.6 is 11.3 Å². The third-order valence-corrected chi connectivity index (χ3v) is 6.94. The summed E-state index contributed by atoms with van der Waals surface area (Å²) in [6.45, 7) is 3.76. The first kappa shape index (κ1) is 26.7. The van der Waals surface area contributed by atoms with Gasteiger partial charge in [0.15, 0.2) is 5.78 Å². The summed E-state index contributed by atoms with van der Waals surface area (Å²) in [5, 5.41) is 10.8. The van der Waals surface area contributed by atoms with Crippen LogP contribution in [0.25, 0.3) is 0 Å². The molecule has 5 nitrogen and oxygen atoms in total. The van der Waals surface area contributed by atoms with Gasteiger partial charge >= 0.3 is 0 Å². The van der Waals surface area contributed by atoms with E-state index in [-0.39, 0.29) is 37.6 Å². The van der Waals surface area contributed by atoms with Crippen LogP contribution in [0.2, 0.25) is 0 Å². The second-order valence-electron chi connectivity index (χ2n) is 8.66. The van der Waals surface area contributed by atoms with E-state index in [1.807, 2.05) is 31.2 Å². The molecule has 186 valence electrons. The quantitative estimate of drug-likeness (QED) is 0.385. The van der Waals surface area contributed by atoms with Crippen molar-refractivity contribution in [1.82, 2.24) is 4.90 Å². The fourth-order valence-electron chi connectivity index (χ4n) is 3.84. The number of amides is 1. The Morgan fingerprint density at radius 3 is 2.34 bits per heavy atom. The maximum absolute atomic E-state index is 13.5. The lowest BCUT2D eigenvalue weighted by molar-refractivity contribution is -0.132. The Kier molecular flexibility index (Phi) is 9.26. The number of nitrogens with two attached hydrogens (primary N) is 1. The predicted octanol–water partition coefficient (Wildman–Crippen LogP) is 4.29. The molecule has 0 radical (unpaired) electrons. The zero-order valence-electron chi connectivity index (χ0n) is 19.8. The topological polar surface area (TPSA) is 83.6 Å². The smallest absolute Gasteiger partial charge is 0.228 e. The van der Waals surface area contributed by atoms with E-state index in [2.05, 4.69) is 0 Å². The molecule has 0 bridgehead atoms. The predicted molar refractivity (Wildman–Crippen MR) is 133 cm³/mol. The van der Waals surface area contributed by atoms with E-state index in [0.717, 1.165) is 28.5 Å². The van der Waals surface area contributed by atoms with Crippen LogP contribution in [0.1, 0.15) is 45.1 Å². The summed E-state index contributed by atoms with van der Waals surface area (Å²) in [5.41, 5.74) is 8.54. The van der Waals surface area contributed by atoms with Gasteiger partial charge < -0.3 is 15.7 Å². The highest BCUT2D eigenvalue weighted by atomic mass is 32.1. The van der Waals surface area contributed by atoms with E-state index in [1.165, 1.54) is 30.4 Å². The number of aryl methyl sites for hydroxylation is 1. The Morgan fingerprint density at radius 1 is 1.03 bits per heavy atom. The first-order valence-electron chi connectivity index (χ1n) is 11.5. The van der Waals surface area contributed by atoms with E-state index in [4.69, 9.17) is 5.73 Å². The van der Waals surface area contributed by atoms with Gasteiger partial charge in [-0.15, -0.1) is 11.3 Å². The molecule has 2 aromatic carbocycles. The highest BCUT2D eigenvalue weighted by Crippen LogP contribution is 2.20. The van der Waals surface area contributed by atoms with Crippen LogP contribution in [0.3, 0.4) is 0 Å². The van der Waals surface area contributed by atoms with Crippen LogP contribution in [-0.2, 0) is 30.6 Å². The van der Waals surface area contributed by atoms with E-state index in [9.17, 15) is 23.5 Å². The molecule has 0 saturated heterocycles. The first-order chi connectivity index (χ1) is 16.6. The van der Waals surface area contributed by atoms with Gasteiger partial charge in [0.25, 0.3) is 0 Å². The molecule has 3 aromatic rings. The summed E-state index contributed by atoms with van der Waals surface area (Å²) in [5.74, 6) is -1.70. The van der Waals surface area contributed by atoms with Crippen molar-refractivity contribution in [3.05, 3.63) is 92.7 Å². The largest absolute Gasteiger partial charge is 0.390 e. The highest BCUT2D eigenvalue weighted by molar-refractivity contribution is 7.14. The summed E-state index contributed by atoms with van der Waals surface area (Å²) >= 11 is 1.27. The molecule has 3 rings (SSSR count). The maximum Gasteiger partial charge on any atom is 0.228 e. The Labute approximate surface area is 208 Å². The monoisotopic (exact) mass is 500 g/mol. The number of ketones is 1. The van der Waals surface area contributed by atoms with Gasteiger partial charge in [0.05, 0.1) is 17.4 Å². The van der Waals surface area contributed by atoms with Crippen molar-refractivity contribution >= 4 is 23.0 Å². The number of Topliss-reactive ketones (excluding diaryl/α,β-unsaturated/α-hetero) is 1. The number of thiophene rings is 1. The summed E-state index contributed by atoms with van der Waals surface area (Å²) in [4.78, 5) is 27.7. The van der Waals surface area contributed by atoms with Gasteiger partial charge in [-0.25, -0.2) is 8.78 Å². The minimum atomic E-state index is -1.12. The fourth-order valence-corrected chi connectivity index (χ4v) is 4.74. The van der Waals surface area contributed by atoms with Gasteiger partial charge in [0.2, 0.25) is 5.91 Å². The second-order valence-corrected chi connectivity index (χ2v) is 9.83. The van der Waals surface area contributed by atoms with Crippen LogP contribution in [-0.4, -0.2) is 40.4 Å². The first-order valence-corrected chi connectivity index (χ1v) is 12.3. The van der Waals surface area contributed by atoms with Crippen LogP contribution in [0, 0.1) is 11.6 Å². The molecule has 1 amide bonds. The summed E-state index contributed by atoms with van der Waals surface area (Å²) < 4.78 is 27.1. The number of aliphatic hydroxyl groups excluding tert-OH is 1. The number of hydrogen-bond acceptors (Lipinski definition) is 5. The molecule has 2 atom stereocenters. The van der Waals surface area contributed by atoms with Crippen molar-refractivity contribution in [3.8, 4) is 0 Å². The van der Waals surface area contributed by atoms with Crippen molar-refractivity contribution in [1.29, 1.82) is 0 Å². The van der Waals surface area contributed by atoms with E-state index in [1.54, 1.807) is 17.0 Å². The van der Waals surface area contributed by atoms with Crippen LogP contribution in [0.4, 0.5) is 8.78 Å². The van der Waals surface area contributed by atoms with Gasteiger partial charge in [0.1, 0.15) is 11.6 Å². The molecule has 0 spiro atoms. The van der Waals surface area contributed by atoms with Crippen LogP contribution in [0.15, 0.2) is 54.6 Å². The van der Waals surface area contributed by atoms with Crippen molar-refractivity contribution in [2.24, 2.45) is 5.73 Å². The molecular formula is C27H30F2N2O3S. The van der Waals surface area contributed by atoms with Gasteiger partial charge in [0, 0.05) is 30.1 Å². The van der Waals surface area contributed by atoms with Gasteiger partial charge in [-0.2, -0.15) is 0 Å². The molecular weight excluding hydrogens is 470 g/mol. The molecule has 0 unspecified atom stereocenters. The van der Waals surface area contributed by atoms with Crippen molar-refractivity contribution in [2.75, 3.05) is 6.54 Å². The number of rotatable bonds is 11. The second kappa shape index (κ2) is 12.2. The maximum atomic E-state index is 13.5. The lowest BCUT2D eigenvalue weighted by atomic mass is 10.0. The lowest BCUT2D eigenvalue weighted by Crippen LogP contribution is -2.46. The Morgan fingerprint density at radius 2 is 1.71 bits per heavy atom. The molecule has 35 heavy (non-hydrogen) atoms. The van der Waals surface area contributed by atoms with Gasteiger partial charge in [-0.1, -0.05) is 31.2 Å². The van der Waals surface area contributed by atoms with Gasteiger partial charge in [-0.3, -0.25) is 9.59 Å². The summed E-state index contributed by atoms with van der Waals surface area (Å²) in [7, 11) is 0. The van der Waals surface area contributed by atoms with Crippen LogP contribution < -0.4 is 5.73 Å². The SMILES string of the molecule is CCc1cccc(CN(C[C@@H](O)[C@@H](N)Cc2cc(F)cc(F)c2)C(=O)Cc2ccc(C(C)=O)s2)c1. The molecule has 0 aliphatic heterocycles. The average molecular weight is 501 g/mol. The zero-order valence-corrected chi connectivity index (χ0v) is 20.7. The number of benzene rings is 2. The third-order valence-electron chi connectivity index (χ3n) is 5.76. The van der Waals surface area contributed by atoms with E-state index >= 15 is 0 Å². The van der Waals surface area contributed by atoms with Crippen molar-refractivity contribution < 1.29 is 23.5 Å². The Balaban J connectivity index is 1.76. The fraction of sp³-hybridized carbons (Fsp3) is 0.333. The summed E-state index contributed by atoms with van der Waals surface area (Å²) in [6.07, 6.45) is -0.128. The molecule has 0 aliphatic carbocycles. The van der Waals surface area contributed by atoms with Crippen molar-refractivity contribution in [3.63, 3.8) is 0 Å². The minimum Gasteiger partial charge on any atom is -0.390 e.